The molecule has 0 heterocycles. The number of nitrogens with one attached hydrogen (secondary N) is 1. The van der Waals surface area contributed by atoms with E-state index in [1.165, 1.54) is 18.1 Å². The highest BCUT2D eigenvalue weighted by molar-refractivity contribution is 5.90. The summed E-state index contributed by atoms with van der Waals surface area (Å²) >= 11 is 0. The summed E-state index contributed by atoms with van der Waals surface area (Å²) in [5.74, 6) is -0.516. The third kappa shape index (κ3) is 9.12. The van der Waals surface area contributed by atoms with Crippen LogP contribution in [0.15, 0.2) is 60.7 Å². The van der Waals surface area contributed by atoms with Crippen LogP contribution in [0.1, 0.15) is 55.2 Å². The molecular weight excluding hydrogens is 428 g/mol. The van der Waals surface area contributed by atoms with Gasteiger partial charge in [0.15, 0.2) is 0 Å². The van der Waals surface area contributed by atoms with Gasteiger partial charge in [0.05, 0.1) is 5.92 Å². The first-order chi connectivity index (χ1) is 16.6. The molecular formula is C28H36N2O4. The van der Waals surface area contributed by atoms with Crippen LogP contribution in [0.5, 0.6) is 0 Å². The molecule has 2 N–H and O–H groups in total. The molecule has 0 radical (unpaired) electrons. The van der Waals surface area contributed by atoms with Crippen LogP contribution in [0, 0.1) is 5.92 Å². The smallest absolute Gasteiger partial charge is 0.308 e. The van der Waals surface area contributed by atoms with E-state index in [1.54, 1.807) is 11.6 Å². The quantitative estimate of drug-likeness (QED) is 0.205. The van der Waals surface area contributed by atoms with Gasteiger partial charge in [0, 0.05) is 19.2 Å². The first-order valence-electron chi connectivity index (χ1n) is 12.3. The number of hydrogen-bond acceptors (Lipinski definition) is 5. The summed E-state index contributed by atoms with van der Waals surface area (Å²) in [7, 11) is 0. The first kappa shape index (κ1) is 25.7. The molecule has 0 aliphatic heterocycles. The lowest BCUT2D eigenvalue weighted by atomic mass is 9.89. The van der Waals surface area contributed by atoms with E-state index in [2.05, 4.69) is 29.2 Å². The van der Waals surface area contributed by atoms with Gasteiger partial charge in [-0.05, 0) is 55.0 Å². The van der Waals surface area contributed by atoms with Crippen molar-refractivity contribution in [3.63, 3.8) is 0 Å². The maximum absolute atomic E-state index is 12.4. The van der Waals surface area contributed by atoms with E-state index in [0.29, 0.717) is 13.2 Å². The van der Waals surface area contributed by atoms with Crippen molar-refractivity contribution < 1.29 is 19.5 Å². The molecule has 1 saturated carbocycles. The van der Waals surface area contributed by atoms with Crippen LogP contribution in [0.25, 0.3) is 6.08 Å². The minimum atomic E-state index is -0.559. The van der Waals surface area contributed by atoms with Crippen molar-refractivity contribution in [3.05, 3.63) is 77.4 Å². The van der Waals surface area contributed by atoms with Crippen molar-refractivity contribution in [2.45, 2.75) is 51.5 Å². The lowest BCUT2D eigenvalue weighted by Gasteiger charge is -2.24. The molecule has 1 aliphatic carbocycles. The highest BCUT2D eigenvalue weighted by Gasteiger charge is 2.22. The van der Waals surface area contributed by atoms with E-state index in [9.17, 15) is 9.59 Å². The zero-order valence-corrected chi connectivity index (χ0v) is 19.8. The number of rotatable bonds is 12. The summed E-state index contributed by atoms with van der Waals surface area (Å²) in [6.07, 6.45) is 10.4. The number of aryl methyl sites for hydroxylation is 1. The number of benzene rings is 2. The van der Waals surface area contributed by atoms with Gasteiger partial charge >= 0.3 is 5.97 Å². The largest absolute Gasteiger partial charge is 0.464 e. The average molecular weight is 465 g/mol. The Balaban J connectivity index is 1.53. The molecule has 0 unspecified atom stereocenters. The summed E-state index contributed by atoms with van der Waals surface area (Å²) in [6, 6.07) is 18.4. The van der Waals surface area contributed by atoms with Crippen molar-refractivity contribution in [2.24, 2.45) is 5.92 Å². The molecule has 1 amide bonds. The Morgan fingerprint density at radius 2 is 1.71 bits per heavy atom. The fourth-order valence-corrected chi connectivity index (χ4v) is 4.35. The highest BCUT2D eigenvalue weighted by Crippen LogP contribution is 2.24. The minimum Gasteiger partial charge on any atom is -0.464 e. The Labute approximate surface area is 202 Å². The van der Waals surface area contributed by atoms with Gasteiger partial charge in [-0.1, -0.05) is 73.9 Å². The zero-order chi connectivity index (χ0) is 24.0. The molecule has 0 saturated heterocycles. The molecule has 0 bridgehead atoms. The summed E-state index contributed by atoms with van der Waals surface area (Å²) in [5.41, 5.74) is 4.95. The summed E-state index contributed by atoms with van der Waals surface area (Å²) < 4.78 is 5.65. The van der Waals surface area contributed by atoms with Crippen LogP contribution in [0.4, 0.5) is 0 Å². The second kappa shape index (κ2) is 14.3. The Morgan fingerprint density at radius 3 is 2.41 bits per heavy atom. The third-order valence-electron chi connectivity index (χ3n) is 6.30. The summed E-state index contributed by atoms with van der Waals surface area (Å²) in [4.78, 5) is 25.9. The van der Waals surface area contributed by atoms with Crippen LogP contribution in [-0.4, -0.2) is 41.7 Å². The van der Waals surface area contributed by atoms with E-state index >= 15 is 0 Å². The topological polar surface area (TPSA) is 78.9 Å². The maximum atomic E-state index is 12.4. The maximum Gasteiger partial charge on any atom is 0.308 e. The standard InChI is InChI=1S/C28H36N2O4/c31-27(29-33)18-17-24-13-15-25(16-14-24)22-30(19-7-10-23-8-3-1-4-9-23)20-21-34-28(32)26-11-5-2-6-12-26/h1,3-4,8-9,13-18,26,33H,2,5-7,10-12,19-22H2,(H,29,31). The average Bonchev–Trinajstić information content (AvgIpc) is 2.89. The molecule has 1 aliphatic rings. The van der Waals surface area contributed by atoms with Gasteiger partial charge in [0.25, 0.3) is 5.91 Å². The number of nitrogens with zero attached hydrogens (tertiary/aromatic N) is 1. The van der Waals surface area contributed by atoms with E-state index in [4.69, 9.17) is 9.94 Å². The SMILES string of the molecule is O=C(C=Cc1ccc(CN(CCCc2ccccc2)CCOC(=O)C2CCCCC2)cc1)NO. The van der Waals surface area contributed by atoms with Crippen LogP contribution in [-0.2, 0) is 27.3 Å². The van der Waals surface area contributed by atoms with Crippen LogP contribution < -0.4 is 5.48 Å². The molecule has 2 aromatic carbocycles. The van der Waals surface area contributed by atoms with Gasteiger partial charge in [-0.3, -0.25) is 19.7 Å². The lowest BCUT2D eigenvalue weighted by Crippen LogP contribution is -2.30. The van der Waals surface area contributed by atoms with Gasteiger partial charge in [-0.25, -0.2) is 5.48 Å². The number of hydroxylamine groups is 1. The predicted octanol–water partition coefficient (Wildman–Crippen LogP) is 4.76. The zero-order valence-electron chi connectivity index (χ0n) is 19.8. The van der Waals surface area contributed by atoms with Gasteiger partial charge in [-0.15, -0.1) is 0 Å². The molecule has 34 heavy (non-hydrogen) atoms. The van der Waals surface area contributed by atoms with E-state index < -0.39 is 5.91 Å². The lowest BCUT2D eigenvalue weighted by molar-refractivity contribution is -0.150. The normalized spacial score (nSPS) is 14.4. The Morgan fingerprint density at radius 1 is 0.971 bits per heavy atom. The fraction of sp³-hybridized carbons (Fsp3) is 0.429. The van der Waals surface area contributed by atoms with Crippen LogP contribution in [0.3, 0.4) is 0 Å². The number of hydrogen-bond donors (Lipinski definition) is 2. The minimum absolute atomic E-state index is 0.0352. The second-order valence-corrected chi connectivity index (χ2v) is 8.92. The van der Waals surface area contributed by atoms with Gasteiger partial charge in [-0.2, -0.15) is 0 Å². The number of carbonyl (C=O) groups excluding carboxylic acids is 2. The van der Waals surface area contributed by atoms with Crippen molar-refractivity contribution in [1.82, 2.24) is 10.4 Å². The van der Waals surface area contributed by atoms with Crippen molar-refractivity contribution in [3.8, 4) is 0 Å². The van der Waals surface area contributed by atoms with Gasteiger partial charge in [0.1, 0.15) is 6.61 Å². The monoisotopic (exact) mass is 464 g/mol. The van der Waals surface area contributed by atoms with Gasteiger partial charge in [0.2, 0.25) is 0 Å². The Bertz CT molecular complexity index is 906. The molecule has 0 aromatic heterocycles. The fourth-order valence-electron chi connectivity index (χ4n) is 4.35. The summed E-state index contributed by atoms with van der Waals surface area (Å²) in [6.45, 7) is 2.79. The molecule has 182 valence electrons. The van der Waals surface area contributed by atoms with Crippen LogP contribution in [0.2, 0.25) is 0 Å². The molecule has 1 fully saturated rings. The number of ether oxygens (including phenoxy) is 1. The molecule has 6 nitrogen and oxygen atoms in total. The molecule has 0 spiro atoms. The van der Waals surface area contributed by atoms with E-state index in [-0.39, 0.29) is 11.9 Å². The first-order valence-corrected chi connectivity index (χ1v) is 12.3. The van der Waals surface area contributed by atoms with Crippen molar-refractivity contribution >= 4 is 18.0 Å². The molecule has 6 heteroatoms. The Kier molecular flexibility index (Phi) is 10.8. The molecule has 0 atom stereocenters. The van der Waals surface area contributed by atoms with Crippen LogP contribution >= 0.6 is 0 Å². The predicted molar refractivity (Wildman–Crippen MR) is 133 cm³/mol. The summed E-state index contributed by atoms with van der Waals surface area (Å²) in [5, 5.41) is 8.59. The van der Waals surface area contributed by atoms with Crippen molar-refractivity contribution in [2.75, 3.05) is 19.7 Å². The molecule has 2 aromatic rings. The highest BCUT2D eigenvalue weighted by atomic mass is 16.5. The second-order valence-electron chi connectivity index (χ2n) is 8.92. The van der Waals surface area contributed by atoms with Gasteiger partial charge < -0.3 is 4.74 Å². The number of carbonyl (C=O) groups is 2. The number of esters is 1. The van der Waals surface area contributed by atoms with E-state index in [1.807, 2.05) is 30.3 Å². The van der Waals surface area contributed by atoms with E-state index in [0.717, 1.165) is 62.7 Å². The molecule has 3 rings (SSSR count). The Hall–Kier alpha value is -2.96. The van der Waals surface area contributed by atoms with Crippen molar-refractivity contribution in [1.29, 1.82) is 0 Å². The third-order valence-corrected chi connectivity index (χ3v) is 6.30. The number of amides is 1.